The van der Waals surface area contributed by atoms with Crippen LogP contribution in [-0.2, 0) is 0 Å². The van der Waals surface area contributed by atoms with Crippen LogP contribution in [0.2, 0.25) is 0 Å². The van der Waals surface area contributed by atoms with Gasteiger partial charge in [0.2, 0.25) is 0 Å². The van der Waals surface area contributed by atoms with Crippen LogP contribution in [0.5, 0.6) is 0 Å². The first-order valence-electron chi connectivity index (χ1n) is 9.08. The lowest BCUT2D eigenvalue weighted by Crippen LogP contribution is -1.81. The Morgan fingerprint density at radius 1 is 0.444 bits per heavy atom. The van der Waals surface area contributed by atoms with E-state index in [0.717, 1.165) is 11.0 Å². The molecule has 0 aliphatic rings. The minimum absolute atomic E-state index is 1.03. The summed E-state index contributed by atoms with van der Waals surface area (Å²) in [6, 6.07) is 33.9. The highest BCUT2D eigenvalue weighted by atomic mass is 14.9. The van der Waals surface area contributed by atoms with E-state index in [4.69, 9.17) is 0 Å². The Kier molecular flexibility index (Phi) is 3.80. The lowest BCUT2D eigenvalue weighted by molar-refractivity contribution is 1.34. The fraction of sp³-hybridized carbons (Fsp3) is 0. The highest BCUT2D eigenvalue weighted by Crippen LogP contribution is 2.34. The smallest absolute Gasteiger partial charge is 0.0931 e. The molecule has 0 radical (unpaired) electrons. The summed E-state index contributed by atoms with van der Waals surface area (Å²) in [6.07, 6.45) is 1.70. The van der Waals surface area contributed by atoms with Gasteiger partial charge in [-0.1, -0.05) is 84.9 Å². The number of benzene rings is 5. The van der Waals surface area contributed by atoms with Crippen LogP contribution in [0.25, 0.3) is 43.4 Å². The fourth-order valence-electron chi connectivity index (χ4n) is 3.74. The molecule has 2 nitrogen and oxygen atoms in total. The van der Waals surface area contributed by atoms with Crippen LogP contribution >= 0.6 is 0 Å². The molecule has 2 heteroatoms. The molecule has 0 atom stereocenters. The van der Waals surface area contributed by atoms with Gasteiger partial charge < -0.3 is 4.98 Å². The largest absolute Gasteiger partial charge is 0.345 e. The number of aromatic amines is 1. The Bertz CT molecular complexity index is 1130. The number of para-hydroxylation sites is 2. The van der Waals surface area contributed by atoms with Crippen LogP contribution in [0.4, 0.5) is 0 Å². The fourth-order valence-corrected chi connectivity index (χ4v) is 3.74. The average molecular weight is 346 g/mol. The van der Waals surface area contributed by atoms with E-state index in [9.17, 15) is 0 Å². The van der Waals surface area contributed by atoms with Crippen molar-refractivity contribution < 1.29 is 0 Å². The van der Waals surface area contributed by atoms with E-state index in [1.165, 1.54) is 32.3 Å². The molecule has 1 aromatic heterocycles. The molecule has 0 bridgehead atoms. The predicted molar refractivity (Wildman–Crippen MR) is 115 cm³/mol. The van der Waals surface area contributed by atoms with Gasteiger partial charge in [0, 0.05) is 0 Å². The third kappa shape index (κ3) is 2.72. The molecule has 0 fully saturated rings. The predicted octanol–water partition coefficient (Wildman–Crippen LogP) is 6.71. The maximum Gasteiger partial charge on any atom is 0.0931 e. The van der Waals surface area contributed by atoms with Gasteiger partial charge in [0.05, 0.1) is 17.4 Å². The molecule has 0 aliphatic heterocycles. The highest BCUT2D eigenvalue weighted by molar-refractivity contribution is 6.25. The van der Waals surface area contributed by atoms with Gasteiger partial charge in [-0.15, -0.1) is 0 Å². The van der Waals surface area contributed by atoms with Crippen LogP contribution in [0.1, 0.15) is 0 Å². The van der Waals surface area contributed by atoms with Crippen LogP contribution in [-0.4, -0.2) is 9.97 Å². The monoisotopic (exact) mass is 346 g/mol. The Hall–Kier alpha value is -3.65. The van der Waals surface area contributed by atoms with Gasteiger partial charge in [-0.2, -0.15) is 0 Å². The molecule has 1 heterocycles. The molecule has 6 rings (SSSR count). The average Bonchev–Trinajstić information content (AvgIpc) is 3.23. The summed E-state index contributed by atoms with van der Waals surface area (Å²) in [5.41, 5.74) is 2.12. The van der Waals surface area contributed by atoms with Crippen molar-refractivity contribution in [1.29, 1.82) is 0 Å². The first kappa shape index (κ1) is 15.6. The summed E-state index contributed by atoms with van der Waals surface area (Å²) in [5, 5.41) is 8.04. The zero-order valence-electron chi connectivity index (χ0n) is 14.8. The number of hydrogen-bond acceptors (Lipinski definition) is 1. The number of hydrogen-bond donors (Lipinski definition) is 1. The van der Waals surface area contributed by atoms with E-state index >= 15 is 0 Å². The van der Waals surface area contributed by atoms with Crippen molar-refractivity contribution in [2.24, 2.45) is 0 Å². The summed E-state index contributed by atoms with van der Waals surface area (Å²) in [6.45, 7) is 0. The van der Waals surface area contributed by atoms with Crippen LogP contribution < -0.4 is 0 Å². The van der Waals surface area contributed by atoms with Gasteiger partial charge in [0.15, 0.2) is 0 Å². The van der Waals surface area contributed by atoms with Gasteiger partial charge in [-0.3, -0.25) is 0 Å². The molecule has 0 saturated carbocycles. The Labute approximate surface area is 157 Å². The summed E-state index contributed by atoms with van der Waals surface area (Å²) in [7, 11) is 0. The van der Waals surface area contributed by atoms with E-state index in [0.29, 0.717) is 0 Å². The molecule has 0 amide bonds. The van der Waals surface area contributed by atoms with Crippen LogP contribution in [0, 0.1) is 0 Å². The molecule has 0 spiro atoms. The first-order chi connectivity index (χ1) is 13.4. The van der Waals surface area contributed by atoms with Gasteiger partial charge in [-0.05, 0) is 44.5 Å². The van der Waals surface area contributed by atoms with Crippen molar-refractivity contribution in [1.82, 2.24) is 9.97 Å². The topological polar surface area (TPSA) is 28.7 Å². The molecular formula is C25H18N2. The number of fused-ring (bicyclic) bond motifs is 7. The standard InChI is InChI=1S/C18H12.C7H6N2/c1-2-8-14-13(7-1)15-9-3-4-11-17(15)18-12-6-5-10-16(14)18;1-2-4-7-6(3-1)8-5-9-7/h1-12H;1-5H,(H,8,9). The van der Waals surface area contributed by atoms with Crippen molar-refractivity contribution in [3.63, 3.8) is 0 Å². The lowest BCUT2D eigenvalue weighted by Gasteiger charge is -2.09. The third-order valence-corrected chi connectivity index (χ3v) is 4.98. The molecule has 0 unspecified atom stereocenters. The number of aromatic nitrogens is 2. The Morgan fingerprint density at radius 3 is 1.22 bits per heavy atom. The normalized spacial score (nSPS) is 11.0. The SMILES string of the molecule is c1ccc2[nH]cnc2c1.c1ccc2c(c1)c1ccccc1c1ccccc21. The maximum absolute atomic E-state index is 4.06. The zero-order chi connectivity index (χ0) is 18.1. The van der Waals surface area contributed by atoms with Crippen molar-refractivity contribution in [3.8, 4) is 0 Å². The van der Waals surface area contributed by atoms with E-state index in [1.807, 2.05) is 24.3 Å². The van der Waals surface area contributed by atoms with E-state index in [2.05, 4.69) is 82.8 Å². The Balaban J connectivity index is 0.000000149. The zero-order valence-corrected chi connectivity index (χ0v) is 14.8. The molecule has 5 aromatic carbocycles. The summed E-state index contributed by atoms with van der Waals surface area (Å²) < 4.78 is 0. The molecule has 6 aromatic rings. The van der Waals surface area contributed by atoms with Gasteiger partial charge in [-0.25, -0.2) is 4.98 Å². The van der Waals surface area contributed by atoms with Crippen molar-refractivity contribution in [3.05, 3.63) is 103 Å². The van der Waals surface area contributed by atoms with E-state index < -0.39 is 0 Å². The minimum Gasteiger partial charge on any atom is -0.345 e. The molecule has 1 N–H and O–H groups in total. The van der Waals surface area contributed by atoms with Crippen molar-refractivity contribution in [2.45, 2.75) is 0 Å². The summed E-state index contributed by atoms with van der Waals surface area (Å²) >= 11 is 0. The maximum atomic E-state index is 4.06. The van der Waals surface area contributed by atoms with Crippen LogP contribution in [0.3, 0.4) is 0 Å². The third-order valence-electron chi connectivity index (χ3n) is 4.98. The minimum atomic E-state index is 1.03. The Morgan fingerprint density at radius 2 is 0.815 bits per heavy atom. The van der Waals surface area contributed by atoms with Crippen molar-refractivity contribution in [2.75, 3.05) is 0 Å². The highest BCUT2D eigenvalue weighted by Gasteiger charge is 2.06. The number of imidazole rings is 1. The first-order valence-corrected chi connectivity index (χ1v) is 9.08. The number of rotatable bonds is 0. The second-order valence-electron chi connectivity index (χ2n) is 6.56. The van der Waals surface area contributed by atoms with E-state index in [-0.39, 0.29) is 0 Å². The second-order valence-corrected chi connectivity index (χ2v) is 6.56. The molecule has 0 aliphatic carbocycles. The number of H-pyrrole nitrogens is 1. The number of nitrogens with zero attached hydrogens (tertiary/aromatic N) is 1. The second kappa shape index (κ2) is 6.58. The summed E-state index contributed by atoms with van der Waals surface area (Å²) in [5.74, 6) is 0. The summed E-state index contributed by atoms with van der Waals surface area (Å²) in [4.78, 5) is 7.07. The lowest BCUT2D eigenvalue weighted by atomic mass is 9.95. The molecule has 27 heavy (non-hydrogen) atoms. The molecule has 0 saturated heterocycles. The van der Waals surface area contributed by atoms with Gasteiger partial charge in [0.25, 0.3) is 0 Å². The van der Waals surface area contributed by atoms with E-state index in [1.54, 1.807) is 6.33 Å². The quantitative estimate of drug-likeness (QED) is 0.304. The van der Waals surface area contributed by atoms with Gasteiger partial charge >= 0.3 is 0 Å². The molecular weight excluding hydrogens is 328 g/mol. The molecule has 128 valence electrons. The number of nitrogens with one attached hydrogen (secondary N) is 1. The van der Waals surface area contributed by atoms with Gasteiger partial charge in [0.1, 0.15) is 0 Å². The van der Waals surface area contributed by atoms with Crippen molar-refractivity contribution >= 4 is 43.4 Å². The van der Waals surface area contributed by atoms with Crippen LogP contribution in [0.15, 0.2) is 103 Å².